The average Bonchev–Trinajstić information content (AvgIpc) is 2.82. The smallest absolute Gasteiger partial charge is 0.168 e. The first-order valence-corrected chi connectivity index (χ1v) is 9.82. The van der Waals surface area contributed by atoms with Crippen LogP contribution in [-0.4, -0.2) is 74.9 Å². The molecule has 0 aliphatic heterocycles. The highest BCUT2D eigenvalue weighted by atomic mass is 16.5. The van der Waals surface area contributed by atoms with E-state index in [1.807, 2.05) is 30.3 Å². The normalized spacial score (nSPS) is 14.4. The lowest BCUT2D eigenvalue weighted by Gasteiger charge is -2.29. The predicted molar refractivity (Wildman–Crippen MR) is 121 cm³/mol. The molecule has 0 aliphatic carbocycles. The van der Waals surface area contributed by atoms with E-state index in [2.05, 4.69) is 25.8 Å². The van der Waals surface area contributed by atoms with E-state index >= 15 is 0 Å². The number of nitrogens with one attached hydrogen (secondary N) is 2. The number of hydrogen-bond acceptors (Lipinski definition) is 10. The van der Waals surface area contributed by atoms with E-state index in [1.165, 1.54) is 0 Å². The van der Waals surface area contributed by atoms with Crippen LogP contribution < -0.4 is 28.0 Å². The van der Waals surface area contributed by atoms with Crippen molar-refractivity contribution in [2.75, 3.05) is 25.0 Å². The Kier molecular flexibility index (Phi) is 12.4. The Balaban J connectivity index is 2.98. The predicted octanol–water partition coefficient (Wildman–Crippen LogP) is -0.0965. The fourth-order valence-electron chi connectivity index (χ4n) is 2.71. The third kappa shape index (κ3) is 10.3. The summed E-state index contributed by atoms with van der Waals surface area (Å²) >= 11 is 0. The van der Waals surface area contributed by atoms with E-state index < -0.39 is 6.17 Å². The molecule has 1 aromatic carbocycles. The second-order valence-electron chi connectivity index (χ2n) is 6.73. The molecule has 0 spiro atoms. The zero-order valence-electron chi connectivity index (χ0n) is 17.7. The van der Waals surface area contributed by atoms with Gasteiger partial charge >= 0.3 is 0 Å². The van der Waals surface area contributed by atoms with Crippen molar-refractivity contribution in [3.8, 4) is 0 Å². The molecule has 0 fully saturated rings. The summed E-state index contributed by atoms with van der Waals surface area (Å²) in [4.78, 5) is 6.26. The second-order valence-corrected chi connectivity index (χ2v) is 6.73. The minimum atomic E-state index is -0.699. The van der Waals surface area contributed by atoms with E-state index in [4.69, 9.17) is 32.8 Å². The SMILES string of the molecule is NC(CCN(CCC(N)=NO)C(CC(=NO)NO)N=C(N)CCNc1ccccc1)=NO. The van der Waals surface area contributed by atoms with Gasteiger partial charge in [0.2, 0.25) is 0 Å². The summed E-state index contributed by atoms with van der Waals surface area (Å²) in [5.41, 5.74) is 20.0. The van der Waals surface area contributed by atoms with Crippen LogP contribution in [0, 0.1) is 0 Å². The van der Waals surface area contributed by atoms with Crippen LogP contribution in [0.4, 0.5) is 5.69 Å². The molecule has 1 aromatic rings. The molecule has 0 amide bonds. The van der Waals surface area contributed by atoms with Crippen LogP contribution in [-0.2, 0) is 0 Å². The van der Waals surface area contributed by atoms with Gasteiger partial charge in [0, 0.05) is 51.0 Å². The summed E-state index contributed by atoms with van der Waals surface area (Å²) in [5.74, 6) is 0.161. The molecule has 1 atom stereocenters. The van der Waals surface area contributed by atoms with Crippen LogP contribution in [0.1, 0.15) is 25.7 Å². The number of nitrogens with two attached hydrogens (primary N) is 3. The Labute approximate surface area is 185 Å². The Bertz CT molecular complexity index is 763. The molecule has 0 saturated heterocycles. The molecule has 1 rings (SSSR count). The molecule has 0 bridgehead atoms. The molecular weight excluding hydrogens is 420 g/mol. The van der Waals surface area contributed by atoms with Crippen molar-refractivity contribution in [1.29, 1.82) is 0 Å². The van der Waals surface area contributed by atoms with Gasteiger partial charge < -0.3 is 38.1 Å². The third-order valence-electron chi connectivity index (χ3n) is 4.41. The highest BCUT2D eigenvalue weighted by molar-refractivity contribution is 5.83. The molecule has 0 saturated carbocycles. The minimum absolute atomic E-state index is 0.00195. The van der Waals surface area contributed by atoms with Crippen molar-refractivity contribution in [1.82, 2.24) is 10.4 Å². The summed E-state index contributed by atoms with van der Waals surface area (Å²) in [5, 5.41) is 48.0. The van der Waals surface area contributed by atoms with Gasteiger partial charge in [-0.2, -0.15) is 0 Å². The number of rotatable bonds is 14. The van der Waals surface area contributed by atoms with E-state index in [9.17, 15) is 5.21 Å². The van der Waals surface area contributed by atoms with Gasteiger partial charge in [0.25, 0.3) is 0 Å². The van der Waals surface area contributed by atoms with E-state index in [1.54, 1.807) is 10.4 Å². The molecule has 14 heteroatoms. The number of amidine groups is 4. The van der Waals surface area contributed by atoms with Crippen molar-refractivity contribution < 1.29 is 20.8 Å². The number of benzene rings is 1. The Morgan fingerprint density at radius 1 is 0.875 bits per heavy atom. The molecule has 14 nitrogen and oxygen atoms in total. The van der Waals surface area contributed by atoms with Gasteiger partial charge in [-0.1, -0.05) is 33.7 Å². The number of nitrogens with zero attached hydrogens (tertiary/aromatic N) is 5. The van der Waals surface area contributed by atoms with Gasteiger partial charge in [0.15, 0.2) is 5.84 Å². The van der Waals surface area contributed by atoms with E-state index in [0.29, 0.717) is 18.8 Å². The van der Waals surface area contributed by atoms with Crippen LogP contribution in [0.2, 0.25) is 0 Å². The zero-order valence-corrected chi connectivity index (χ0v) is 17.7. The highest BCUT2D eigenvalue weighted by Gasteiger charge is 2.21. The number of aliphatic imine (C=N–C) groups is 1. The molecule has 0 heterocycles. The first kappa shape index (κ1) is 26.3. The fraction of sp³-hybridized carbons (Fsp3) is 0.444. The minimum Gasteiger partial charge on any atom is -0.409 e. The van der Waals surface area contributed by atoms with Crippen LogP contribution in [0.3, 0.4) is 0 Å². The highest BCUT2D eigenvalue weighted by Crippen LogP contribution is 2.11. The van der Waals surface area contributed by atoms with Crippen LogP contribution >= 0.6 is 0 Å². The lowest BCUT2D eigenvalue weighted by atomic mass is 10.2. The Hall–Kier alpha value is -3.78. The van der Waals surface area contributed by atoms with E-state index in [0.717, 1.165) is 5.69 Å². The first-order chi connectivity index (χ1) is 15.4. The molecule has 12 N–H and O–H groups in total. The lowest BCUT2D eigenvalue weighted by molar-refractivity contribution is 0.192. The van der Waals surface area contributed by atoms with Crippen molar-refractivity contribution >= 4 is 29.0 Å². The molecule has 0 aliphatic rings. The standard InChI is InChI=1S/C18H32N10O4/c19-14(6-9-22-13-4-2-1-3-5-13)23-18(12-17(26-31)27-32)28(10-7-15(20)24-29)11-8-16(21)25-30/h1-5,18,22,29-32H,6-12H2,(H2,19,23)(H2,20,24)(H2,21,25)(H,26,27). The molecule has 0 aromatic heterocycles. The average molecular weight is 453 g/mol. The summed E-state index contributed by atoms with van der Waals surface area (Å²) in [6, 6.07) is 9.59. The summed E-state index contributed by atoms with van der Waals surface area (Å²) in [7, 11) is 0. The second kappa shape index (κ2) is 15.1. The fourth-order valence-corrected chi connectivity index (χ4v) is 2.71. The zero-order chi connectivity index (χ0) is 23.8. The first-order valence-electron chi connectivity index (χ1n) is 9.82. The number of hydrogen-bond donors (Lipinski definition) is 9. The third-order valence-corrected chi connectivity index (χ3v) is 4.41. The van der Waals surface area contributed by atoms with Crippen molar-refractivity contribution in [3.05, 3.63) is 30.3 Å². The Morgan fingerprint density at radius 2 is 1.47 bits per heavy atom. The number of para-hydroxylation sites is 1. The summed E-state index contributed by atoms with van der Waals surface area (Å²) in [6.07, 6.45) is 0.0538. The largest absolute Gasteiger partial charge is 0.409 e. The number of oxime groups is 3. The quantitative estimate of drug-likeness (QED) is 0.0786. The van der Waals surface area contributed by atoms with Gasteiger partial charge in [-0.25, -0.2) is 0 Å². The molecule has 32 heavy (non-hydrogen) atoms. The van der Waals surface area contributed by atoms with Crippen molar-refractivity contribution in [2.24, 2.45) is 37.7 Å². The summed E-state index contributed by atoms with van der Waals surface area (Å²) < 4.78 is 0. The van der Waals surface area contributed by atoms with Gasteiger partial charge in [0.1, 0.15) is 17.8 Å². The van der Waals surface area contributed by atoms with Gasteiger partial charge in [-0.3, -0.25) is 20.6 Å². The molecule has 178 valence electrons. The number of hydroxylamine groups is 1. The lowest BCUT2D eigenvalue weighted by Crippen LogP contribution is -2.42. The van der Waals surface area contributed by atoms with Gasteiger partial charge in [0.05, 0.1) is 5.84 Å². The number of anilines is 1. The van der Waals surface area contributed by atoms with Gasteiger partial charge in [-0.15, -0.1) is 0 Å². The van der Waals surface area contributed by atoms with Crippen LogP contribution in [0.15, 0.2) is 50.8 Å². The topological polar surface area (TPSA) is 236 Å². The maximum absolute atomic E-state index is 9.18. The van der Waals surface area contributed by atoms with E-state index in [-0.39, 0.29) is 49.9 Å². The van der Waals surface area contributed by atoms with Crippen LogP contribution in [0.25, 0.3) is 0 Å². The maximum atomic E-state index is 9.18. The van der Waals surface area contributed by atoms with Crippen molar-refractivity contribution in [3.63, 3.8) is 0 Å². The van der Waals surface area contributed by atoms with Gasteiger partial charge in [-0.05, 0) is 12.1 Å². The molecule has 0 radical (unpaired) electrons. The monoisotopic (exact) mass is 452 g/mol. The Morgan fingerprint density at radius 3 is 1.97 bits per heavy atom. The van der Waals surface area contributed by atoms with Crippen molar-refractivity contribution in [2.45, 2.75) is 31.8 Å². The maximum Gasteiger partial charge on any atom is 0.168 e. The molecular formula is C18H32N10O4. The summed E-state index contributed by atoms with van der Waals surface area (Å²) in [6.45, 7) is 1.06. The van der Waals surface area contributed by atoms with Crippen LogP contribution in [0.5, 0.6) is 0 Å². The molecule has 1 unspecified atom stereocenters.